The Kier molecular flexibility index (Phi) is 8.24. The molecule has 1 saturated heterocycles. The lowest BCUT2D eigenvalue weighted by Crippen LogP contribution is -2.27. The van der Waals surface area contributed by atoms with E-state index >= 15 is 0 Å². The first-order chi connectivity index (χ1) is 17.8. The molecule has 8 nitrogen and oxygen atoms in total. The number of rotatable bonds is 9. The van der Waals surface area contributed by atoms with E-state index < -0.39 is 16.1 Å². The Morgan fingerprint density at radius 3 is 2.54 bits per heavy atom. The van der Waals surface area contributed by atoms with E-state index in [0.29, 0.717) is 28.1 Å². The van der Waals surface area contributed by atoms with Crippen molar-refractivity contribution < 1.29 is 28.4 Å². The Hall–Kier alpha value is -3.70. The maximum atomic E-state index is 13.2. The van der Waals surface area contributed by atoms with E-state index in [-0.39, 0.29) is 35.1 Å². The van der Waals surface area contributed by atoms with Crippen molar-refractivity contribution in [2.24, 2.45) is 0 Å². The lowest BCUT2D eigenvalue weighted by atomic mass is 10.1. The van der Waals surface area contributed by atoms with E-state index in [2.05, 4.69) is 15.9 Å². The second-order valence-electron chi connectivity index (χ2n) is 7.83. The SMILES string of the molecule is CCOc1cc(/C=C2/SC(=O)N(Cc3ccccc3[N+](=O)[O-])C2=O)cc(Br)c1OCc1ccc(F)cc1. The van der Waals surface area contributed by atoms with Crippen molar-refractivity contribution in [1.82, 2.24) is 4.90 Å². The lowest BCUT2D eigenvalue weighted by molar-refractivity contribution is -0.385. The third-order valence-electron chi connectivity index (χ3n) is 5.32. The fourth-order valence-corrected chi connectivity index (χ4v) is 5.00. The number of benzene rings is 3. The van der Waals surface area contributed by atoms with Gasteiger partial charge in [-0.3, -0.25) is 24.6 Å². The predicted molar refractivity (Wildman–Crippen MR) is 141 cm³/mol. The molecular weight excluding hydrogens is 567 g/mol. The summed E-state index contributed by atoms with van der Waals surface area (Å²) in [6.07, 6.45) is 1.56. The molecule has 0 aromatic heterocycles. The minimum absolute atomic E-state index is 0.160. The van der Waals surface area contributed by atoms with Crippen molar-refractivity contribution in [3.8, 4) is 11.5 Å². The Bertz CT molecular complexity index is 1400. The molecule has 0 spiro atoms. The van der Waals surface area contributed by atoms with Crippen LogP contribution in [0, 0.1) is 15.9 Å². The second-order valence-corrected chi connectivity index (χ2v) is 9.68. The van der Waals surface area contributed by atoms with Crippen LogP contribution >= 0.6 is 27.7 Å². The Labute approximate surface area is 224 Å². The minimum Gasteiger partial charge on any atom is -0.490 e. The van der Waals surface area contributed by atoms with Gasteiger partial charge >= 0.3 is 0 Å². The average molecular weight is 587 g/mol. The number of carbonyl (C=O) groups excluding carboxylic acids is 2. The minimum atomic E-state index is -0.545. The second kappa shape index (κ2) is 11.6. The van der Waals surface area contributed by atoms with Crippen LogP contribution in [0.5, 0.6) is 11.5 Å². The maximum absolute atomic E-state index is 13.2. The highest BCUT2D eigenvalue weighted by molar-refractivity contribution is 9.10. The molecule has 0 aliphatic carbocycles. The Morgan fingerprint density at radius 2 is 1.84 bits per heavy atom. The van der Waals surface area contributed by atoms with Gasteiger partial charge in [-0.05, 0) is 76.1 Å². The molecule has 0 unspecified atom stereocenters. The fourth-order valence-electron chi connectivity index (χ4n) is 3.59. The van der Waals surface area contributed by atoms with E-state index in [1.165, 1.54) is 30.3 Å². The highest BCUT2D eigenvalue weighted by atomic mass is 79.9. The molecule has 190 valence electrons. The molecule has 0 radical (unpaired) electrons. The molecule has 1 heterocycles. The lowest BCUT2D eigenvalue weighted by Gasteiger charge is -2.15. The predicted octanol–water partition coefficient (Wildman–Crippen LogP) is 6.71. The highest BCUT2D eigenvalue weighted by Crippen LogP contribution is 2.40. The molecule has 4 rings (SSSR count). The molecule has 3 aromatic rings. The van der Waals surface area contributed by atoms with Crippen LogP contribution in [0.15, 0.2) is 70.0 Å². The number of nitro groups is 1. The topological polar surface area (TPSA) is 99.0 Å². The number of amides is 2. The normalized spacial score (nSPS) is 14.4. The standard InChI is InChI=1S/C26H20BrFN2O6S/c1-2-35-22-12-17(11-20(27)24(22)36-15-16-7-9-19(28)10-8-16)13-23-25(31)29(26(32)37-23)14-18-5-3-4-6-21(18)30(33)34/h3-13H,2,14-15H2,1H3/b23-13+. The van der Waals surface area contributed by atoms with Gasteiger partial charge in [-0.25, -0.2) is 4.39 Å². The van der Waals surface area contributed by atoms with E-state index in [0.717, 1.165) is 22.2 Å². The van der Waals surface area contributed by atoms with Gasteiger partial charge in [0, 0.05) is 11.6 Å². The first kappa shape index (κ1) is 26.4. The van der Waals surface area contributed by atoms with Crippen LogP contribution in [0.3, 0.4) is 0 Å². The van der Waals surface area contributed by atoms with Crippen molar-refractivity contribution in [1.29, 1.82) is 0 Å². The summed E-state index contributed by atoms with van der Waals surface area (Å²) in [6.45, 7) is 2.15. The molecule has 11 heteroatoms. The quantitative estimate of drug-likeness (QED) is 0.156. The third-order valence-corrected chi connectivity index (χ3v) is 6.81. The largest absolute Gasteiger partial charge is 0.490 e. The summed E-state index contributed by atoms with van der Waals surface area (Å²) in [5.41, 5.74) is 1.46. The van der Waals surface area contributed by atoms with Gasteiger partial charge in [0.05, 0.1) is 27.5 Å². The Balaban J connectivity index is 1.56. The summed E-state index contributed by atoms with van der Waals surface area (Å²) >= 11 is 4.24. The number of hydrogen-bond acceptors (Lipinski definition) is 7. The smallest absolute Gasteiger partial charge is 0.293 e. The van der Waals surface area contributed by atoms with Crippen LogP contribution in [-0.4, -0.2) is 27.6 Å². The zero-order chi connectivity index (χ0) is 26.5. The van der Waals surface area contributed by atoms with Gasteiger partial charge in [0.2, 0.25) is 0 Å². The van der Waals surface area contributed by atoms with Gasteiger partial charge in [-0.15, -0.1) is 0 Å². The van der Waals surface area contributed by atoms with Crippen LogP contribution in [0.2, 0.25) is 0 Å². The third kappa shape index (κ3) is 6.17. The van der Waals surface area contributed by atoms with Gasteiger partial charge in [-0.2, -0.15) is 0 Å². The zero-order valence-electron chi connectivity index (χ0n) is 19.5. The van der Waals surface area contributed by atoms with Crippen molar-refractivity contribution in [3.63, 3.8) is 0 Å². The summed E-state index contributed by atoms with van der Waals surface area (Å²) < 4.78 is 25.4. The molecule has 1 aliphatic rings. The van der Waals surface area contributed by atoms with Crippen molar-refractivity contribution >= 4 is 50.6 Å². The monoisotopic (exact) mass is 586 g/mol. The molecular formula is C26H20BrFN2O6S. The zero-order valence-corrected chi connectivity index (χ0v) is 21.9. The maximum Gasteiger partial charge on any atom is 0.293 e. The molecule has 37 heavy (non-hydrogen) atoms. The van der Waals surface area contributed by atoms with E-state index in [4.69, 9.17) is 9.47 Å². The molecule has 2 amide bonds. The number of para-hydroxylation sites is 1. The van der Waals surface area contributed by atoms with Crippen molar-refractivity contribution in [2.45, 2.75) is 20.1 Å². The van der Waals surface area contributed by atoms with Crippen molar-refractivity contribution in [3.05, 3.63) is 103 Å². The van der Waals surface area contributed by atoms with Crippen LogP contribution < -0.4 is 9.47 Å². The average Bonchev–Trinajstić information content (AvgIpc) is 3.12. The summed E-state index contributed by atoms with van der Waals surface area (Å²) in [4.78, 5) is 37.5. The van der Waals surface area contributed by atoms with Crippen molar-refractivity contribution in [2.75, 3.05) is 6.61 Å². The summed E-state index contributed by atoms with van der Waals surface area (Å²) in [6, 6.07) is 15.3. The van der Waals surface area contributed by atoms with Gasteiger partial charge in [0.15, 0.2) is 11.5 Å². The highest BCUT2D eigenvalue weighted by Gasteiger charge is 2.36. The van der Waals surface area contributed by atoms with Crippen LogP contribution in [0.4, 0.5) is 14.9 Å². The number of nitro benzene ring substituents is 1. The number of thioether (sulfide) groups is 1. The first-order valence-electron chi connectivity index (χ1n) is 11.1. The molecule has 0 saturated carbocycles. The van der Waals surface area contributed by atoms with Crippen LogP contribution in [0.1, 0.15) is 23.6 Å². The number of hydrogen-bond donors (Lipinski definition) is 0. The van der Waals surface area contributed by atoms with E-state index in [9.17, 15) is 24.1 Å². The number of carbonyl (C=O) groups is 2. The van der Waals surface area contributed by atoms with Gasteiger partial charge in [0.1, 0.15) is 12.4 Å². The fraction of sp³-hybridized carbons (Fsp3) is 0.154. The number of ether oxygens (including phenoxy) is 2. The molecule has 0 N–H and O–H groups in total. The molecule has 1 aliphatic heterocycles. The van der Waals surface area contributed by atoms with Crippen LogP contribution in [0.25, 0.3) is 6.08 Å². The van der Waals surface area contributed by atoms with Crippen LogP contribution in [-0.2, 0) is 17.9 Å². The first-order valence-corrected chi connectivity index (χ1v) is 12.7. The summed E-state index contributed by atoms with van der Waals surface area (Å²) in [7, 11) is 0. The van der Waals surface area contributed by atoms with Gasteiger partial charge in [0.25, 0.3) is 16.8 Å². The molecule has 1 fully saturated rings. The van der Waals surface area contributed by atoms with E-state index in [1.807, 2.05) is 6.92 Å². The number of imide groups is 1. The Morgan fingerprint density at radius 1 is 1.11 bits per heavy atom. The number of nitrogens with zero attached hydrogens (tertiary/aromatic N) is 2. The molecule has 0 bridgehead atoms. The van der Waals surface area contributed by atoms with Gasteiger partial charge < -0.3 is 9.47 Å². The number of halogens is 2. The molecule has 3 aromatic carbocycles. The summed E-state index contributed by atoms with van der Waals surface area (Å²) in [5.74, 6) is -0.0215. The summed E-state index contributed by atoms with van der Waals surface area (Å²) in [5, 5.41) is 10.8. The van der Waals surface area contributed by atoms with Gasteiger partial charge in [-0.1, -0.05) is 30.3 Å². The van der Waals surface area contributed by atoms with E-state index in [1.54, 1.807) is 36.4 Å². The molecule has 0 atom stereocenters.